The summed E-state index contributed by atoms with van der Waals surface area (Å²) in [7, 11) is 1.53. The van der Waals surface area contributed by atoms with E-state index in [1.165, 1.54) is 18.1 Å². The van der Waals surface area contributed by atoms with E-state index in [0.717, 1.165) is 17.7 Å². The van der Waals surface area contributed by atoms with Crippen LogP contribution < -0.4 is 10.1 Å². The molecule has 0 saturated carbocycles. The summed E-state index contributed by atoms with van der Waals surface area (Å²) in [6, 6.07) is 8.56. The minimum atomic E-state index is -1.07. The predicted octanol–water partition coefficient (Wildman–Crippen LogP) is 3.77. The van der Waals surface area contributed by atoms with Gasteiger partial charge in [0.1, 0.15) is 5.75 Å². The topological polar surface area (TPSA) is 58.6 Å². The second-order valence-corrected chi connectivity index (χ2v) is 6.91. The maximum atomic E-state index is 13.4. The van der Waals surface area contributed by atoms with Crippen molar-refractivity contribution < 1.29 is 23.1 Å². The zero-order valence-corrected chi connectivity index (χ0v) is 15.8. The molecule has 5 nitrogen and oxygen atoms in total. The molecule has 1 aliphatic rings. The SMILES string of the molecule is COc1ccc(C)cc1NC(=O)[C@@H]1CCCN(C(=O)c2ccc(F)c(F)c2)C1. The molecule has 2 aromatic carbocycles. The number of amides is 2. The minimum absolute atomic E-state index is 0.0697. The molecule has 1 saturated heterocycles. The number of likely N-dealkylation sites (tertiary alicyclic amines) is 1. The average molecular weight is 388 g/mol. The molecule has 0 bridgehead atoms. The number of aryl methyl sites for hydroxylation is 1. The van der Waals surface area contributed by atoms with Crippen molar-refractivity contribution in [2.45, 2.75) is 19.8 Å². The molecule has 1 aliphatic heterocycles. The van der Waals surface area contributed by atoms with Crippen LogP contribution in [0.3, 0.4) is 0 Å². The van der Waals surface area contributed by atoms with Gasteiger partial charge in [0.2, 0.25) is 5.91 Å². The number of carbonyl (C=O) groups excluding carboxylic acids is 2. The number of anilines is 1. The van der Waals surface area contributed by atoms with Crippen LogP contribution in [0.1, 0.15) is 28.8 Å². The molecule has 0 unspecified atom stereocenters. The van der Waals surface area contributed by atoms with Gasteiger partial charge in [-0.3, -0.25) is 9.59 Å². The second-order valence-electron chi connectivity index (χ2n) is 6.91. The normalized spacial score (nSPS) is 16.6. The van der Waals surface area contributed by atoms with Gasteiger partial charge in [0.05, 0.1) is 18.7 Å². The summed E-state index contributed by atoms with van der Waals surface area (Å²) in [6.07, 6.45) is 1.29. The lowest BCUT2D eigenvalue weighted by atomic mass is 9.96. The van der Waals surface area contributed by atoms with Crippen LogP contribution in [0.25, 0.3) is 0 Å². The fourth-order valence-electron chi connectivity index (χ4n) is 3.34. The number of piperidine rings is 1. The molecule has 1 heterocycles. The Morgan fingerprint density at radius 2 is 1.93 bits per heavy atom. The van der Waals surface area contributed by atoms with Crippen LogP contribution >= 0.6 is 0 Å². The van der Waals surface area contributed by atoms with E-state index in [0.29, 0.717) is 30.8 Å². The zero-order valence-electron chi connectivity index (χ0n) is 15.8. The first kappa shape index (κ1) is 19.8. The Balaban J connectivity index is 1.70. The van der Waals surface area contributed by atoms with Crippen molar-refractivity contribution in [3.63, 3.8) is 0 Å². The molecule has 148 valence electrons. The number of ether oxygens (including phenoxy) is 1. The van der Waals surface area contributed by atoms with Crippen LogP contribution in [0, 0.1) is 24.5 Å². The summed E-state index contributed by atoms with van der Waals surface area (Å²) in [5.41, 5.74) is 1.63. The summed E-state index contributed by atoms with van der Waals surface area (Å²) < 4.78 is 31.8. The number of rotatable bonds is 4. The Hall–Kier alpha value is -2.96. The molecule has 0 aromatic heterocycles. The number of methoxy groups -OCH3 is 1. The molecular weight excluding hydrogens is 366 g/mol. The fraction of sp³-hybridized carbons (Fsp3) is 0.333. The van der Waals surface area contributed by atoms with E-state index >= 15 is 0 Å². The van der Waals surface area contributed by atoms with Crippen molar-refractivity contribution in [3.8, 4) is 5.75 Å². The van der Waals surface area contributed by atoms with Gasteiger partial charge >= 0.3 is 0 Å². The molecule has 2 aromatic rings. The van der Waals surface area contributed by atoms with E-state index in [-0.39, 0.29) is 18.0 Å². The smallest absolute Gasteiger partial charge is 0.253 e. The first-order valence-corrected chi connectivity index (χ1v) is 9.09. The van der Waals surface area contributed by atoms with Gasteiger partial charge in [-0.25, -0.2) is 8.78 Å². The highest BCUT2D eigenvalue weighted by atomic mass is 19.2. The average Bonchev–Trinajstić information content (AvgIpc) is 2.70. The Kier molecular flexibility index (Phi) is 5.92. The summed E-state index contributed by atoms with van der Waals surface area (Å²) >= 11 is 0. The molecule has 1 atom stereocenters. The molecule has 0 aliphatic carbocycles. The third-order valence-electron chi connectivity index (χ3n) is 4.86. The van der Waals surface area contributed by atoms with E-state index < -0.39 is 23.5 Å². The van der Waals surface area contributed by atoms with Crippen molar-refractivity contribution >= 4 is 17.5 Å². The van der Waals surface area contributed by atoms with E-state index in [2.05, 4.69) is 5.32 Å². The van der Waals surface area contributed by atoms with Crippen molar-refractivity contribution in [2.24, 2.45) is 5.92 Å². The fourth-order valence-corrected chi connectivity index (χ4v) is 3.34. The van der Waals surface area contributed by atoms with Gasteiger partial charge < -0.3 is 15.0 Å². The number of halogens is 2. The number of carbonyl (C=O) groups is 2. The van der Waals surface area contributed by atoms with Crippen LogP contribution in [0.5, 0.6) is 5.75 Å². The van der Waals surface area contributed by atoms with E-state index in [1.807, 2.05) is 19.1 Å². The molecular formula is C21H22F2N2O3. The molecule has 7 heteroatoms. The van der Waals surface area contributed by atoms with Gasteiger partial charge in [-0.2, -0.15) is 0 Å². The van der Waals surface area contributed by atoms with E-state index in [4.69, 9.17) is 4.74 Å². The van der Waals surface area contributed by atoms with Crippen molar-refractivity contribution in [2.75, 3.05) is 25.5 Å². The molecule has 0 radical (unpaired) electrons. The largest absolute Gasteiger partial charge is 0.495 e. The zero-order chi connectivity index (χ0) is 20.3. The lowest BCUT2D eigenvalue weighted by molar-refractivity contribution is -0.121. The molecule has 3 rings (SSSR count). The maximum Gasteiger partial charge on any atom is 0.253 e. The van der Waals surface area contributed by atoms with Crippen LogP contribution in [0.4, 0.5) is 14.5 Å². The third-order valence-corrected chi connectivity index (χ3v) is 4.86. The van der Waals surface area contributed by atoms with Gasteiger partial charge in [-0.05, 0) is 55.7 Å². The highest BCUT2D eigenvalue weighted by Gasteiger charge is 2.29. The highest BCUT2D eigenvalue weighted by Crippen LogP contribution is 2.27. The maximum absolute atomic E-state index is 13.4. The van der Waals surface area contributed by atoms with E-state index in [1.54, 1.807) is 6.07 Å². The standard InChI is InChI=1S/C21H22F2N2O3/c1-13-5-8-19(28-2)18(10-13)24-20(26)15-4-3-9-25(12-15)21(27)14-6-7-16(22)17(23)11-14/h5-8,10-11,15H,3-4,9,12H2,1-2H3,(H,24,26)/t15-/m1/s1. The number of hydrogen-bond donors (Lipinski definition) is 1. The van der Waals surface area contributed by atoms with Gasteiger partial charge in [-0.1, -0.05) is 6.07 Å². The summed E-state index contributed by atoms with van der Waals surface area (Å²) in [5, 5.41) is 2.88. The molecule has 1 N–H and O–H groups in total. The Morgan fingerprint density at radius 3 is 2.64 bits per heavy atom. The molecule has 2 amide bonds. The Bertz CT molecular complexity index is 901. The highest BCUT2D eigenvalue weighted by molar-refractivity contribution is 5.97. The van der Waals surface area contributed by atoms with Crippen molar-refractivity contribution in [1.82, 2.24) is 4.90 Å². The lowest BCUT2D eigenvalue weighted by Crippen LogP contribution is -2.43. The summed E-state index contributed by atoms with van der Waals surface area (Å²) in [4.78, 5) is 26.9. The quantitative estimate of drug-likeness (QED) is 0.867. The minimum Gasteiger partial charge on any atom is -0.495 e. The Labute approximate surface area is 162 Å². The van der Waals surface area contributed by atoms with Crippen LogP contribution in [-0.4, -0.2) is 36.9 Å². The van der Waals surface area contributed by atoms with Crippen LogP contribution in [0.2, 0.25) is 0 Å². The van der Waals surface area contributed by atoms with Gasteiger partial charge in [0.25, 0.3) is 5.91 Å². The number of nitrogens with one attached hydrogen (secondary N) is 1. The van der Waals surface area contributed by atoms with Gasteiger partial charge in [0.15, 0.2) is 11.6 Å². The van der Waals surface area contributed by atoms with Crippen LogP contribution in [-0.2, 0) is 4.79 Å². The number of hydrogen-bond acceptors (Lipinski definition) is 3. The van der Waals surface area contributed by atoms with Crippen LogP contribution in [0.15, 0.2) is 36.4 Å². The molecule has 1 fully saturated rings. The summed E-state index contributed by atoms with van der Waals surface area (Å²) in [6.45, 7) is 2.60. The molecule has 28 heavy (non-hydrogen) atoms. The molecule has 0 spiro atoms. The lowest BCUT2D eigenvalue weighted by Gasteiger charge is -2.32. The number of nitrogens with zero attached hydrogens (tertiary/aromatic N) is 1. The second kappa shape index (κ2) is 8.37. The van der Waals surface area contributed by atoms with Gasteiger partial charge in [0, 0.05) is 18.7 Å². The predicted molar refractivity (Wildman–Crippen MR) is 101 cm³/mol. The third kappa shape index (κ3) is 4.30. The summed E-state index contributed by atoms with van der Waals surface area (Å²) in [5.74, 6) is -2.52. The van der Waals surface area contributed by atoms with E-state index in [9.17, 15) is 18.4 Å². The monoisotopic (exact) mass is 388 g/mol. The Morgan fingerprint density at radius 1 is 1.14 bits per heavy atom. The first-order chi connectivity index (χ1) is 13.4. The first-order valence-electron chi connectivity index (χ1n) is 9.09. The van der Waals surface area contributed by atoms with Crippen molar-refractivity contribution in [1.29, 1.82) is 0 Å². The number of benzene rings is 2. The van der Waals surface area contributed by atoms with Crippen molar-refractivity contribution in [3.05, 3.63) is 59.2 Å². The van der Waals surface area contributed by atoms with Gasteiger partial charge in [-0.15, -0.1) is 0 Å².